The Morgan fingerprint density at radius 3 is 2.57 bits per heavy atom. The van der Waals surface area contributed by atoms with Crippen molar-refractivity contribution in [3.8, 4) is 0 Å². The van der Waals surface area contributed by atoms with Gasteiger partial charge in [-0.2, -0.15) is 0 Å². The Balaban J connectivity index is 0.00000106. The van der Waals surface area contributed by atoms with E-state index in [-0.39, 0.29) is 5.69 Å². The molecule has 2 aromatic rings. The van der Waals surface area contributed by atoms with Crippen LogP contribution in [0.4, 0.5) is 17.1 Å². The molecular formula is C15H18N4O2. The van der Waals surface area contributed by atoms with Crippen LogP contribution < -0.4 is 5.32 Å². The van der Waals surface area contributed by atoms with E-state index in [0.717, 1.165) is 11.3 Å². The van der Waals surface area contributed by atoms with Crippen molar-refractivity contribution in [1.82, 2.24) is 4.98 Å². The molecule has 0 radical (unpaired) electrons. The van der Waals surface area contributed by atoms with Crippen molar-refractivity contribution in [1.29, 1.82) is 5.41 Å². The molecule has 1 heterocycles. The highest BCUT2D eigenvalue weighted by Crippen LogP contribution is 2.23. The molecule has 0 aliphatic heterocycles. The third-order valence-electron chi connectivity index (χ3n) is 2.54. The highest BCUT2D eigenvalue weighted by atomic mass is 16.6. The molecule has 21 heavy (non-hydrogen) atoms. The average Bonchev–Trinajstić information content (AvgIpc) is 2.50. The van der Waals surface area contributed by atoms with Gasteiger partial charge >= 0.3 is 0 Å². The van der Waals surface area contributed by atoms with Gasteiger partial charge < -0.3 is 10.7 Å². The molecule has 2 rings (SSSR count). The second kappa shape index (κ2) is 7.74. The number of nitrogens with one attached hydrogen (secondary N) is 2. The molecule has 1 aromatic carbocycles. The molecule has 0 amide bonds. The van der Waals surface area contributed by atoms with Crippen LogP contribution in [0, 0.1) is 15.5 Å². The van der Waals surface area contributed by atoms with Crippen LogP contribution in [0.1, 0.15) is 26.3 Å². The first-order valence-corrected chi connectivity index (χ1v) is 6.59. The van der Waals surface area contributed by atoms with Gasteiger partial charge in [0.1, 0.15) is 6.20 Å². The van der Waals surface area contributed by atoms with Gasteiger partial charge in [0.05, 0.1) is 16.8 Å². The SMILES string of the molecule is CC.CC(=N)c1ccccc1Nc1cncc([N+](=O)[O-])c1. The summed E-state index contributed by atoms with van der Waals surface area (Å²) < 4.78 is 0. The van der Waals surface area contributed by atoms with Gasteiger partial charge in [-0.05, 0) is 13.0 Å². The maximum Gasteiger partial charge on any atom is 0.289 e. The van der Waals surface area contributed by atoms with Crippen LogP contribution in [0.5, 0.6) is 0 Å². The fourth-order valence-corrected chi connectivity index (χ4v) is 1.67. The van der Waals surface area contributed by atoms with Crippen LogP contribution in [-0.2, 0) is 0 Å². The summed E-state index contributed by atoms with van der Waals surface area (Å²) in [4.78, 5) is 14.0. The van der Waals surface area contributed by atoms with E-state index < -0.39 is 4.92 Å². The minimum absolute atomic E-state index is 0.0749. The molecule has 0 aliphatic rings. The van der Waals surface area contributed by atoms with Crippen molar-refractivity contribution in [2.75, 3.05) is 5.32 Å². The highest BCUT2D eigenvalue weighted by Gasteiger charge is 2.08. The molecular weight excluding hydrogens is 268 g/mol. The Morgan fingerprint density at radius 2 is 1.95 bits per heavy atom. The molecule has 2 N–H and O–H groups in total. The lowest BCUT2D eigenvalue weighted by Crippen LogP contribution is -2.00. The van der Waals surface area contributed by atoms with E-state index in [1.165, 1.54) is 18.5 Å². The van der Waals surface area contributed by atoms with Crippen LogP contribution in [0.3, 0.4) is 0 Å². The second-order valence-corrected chi connectivity index (χ2v) is 3.98. The van der Waals surface area contributed by atoms with Gasteiger partial charge in [0.15, 0.2) is 0 Å². The van der Waals surface area contributed by atoms with Crippen molar-refractivity contribution < 1.29 is 4.92 Å². The van der Waals surface area contributed by atoms with Crippen LogP contribution >= 0.6 is 0 Å². The Morgan fingerprint density at radius 1 is 1.29 bits per heavy atom. The lowest BCUT2D eigenvalue weighted by molar-refractivity contribution is -0.385. The van der Waals surface area contributed by atoms with Crippen LogP contribution in [0.15, 0.2) is 42.7 Å². The third kappa shape index (κ3) is 4.38. The first kappa shape index (κ1) is 16.3. The number of nitrogens with zero attached hydrogens (tertiary/aromatic N) is 2. The van der Waals surface area contributed by atoms with Crippen molar-refractivity contribution in [2.45, 2.75) is 20.8 Å². The lowest BCUT2D eigenvalue weighted by Gasteiger charge is -2.10. The van der Waals surface area contributed by atoms with E-state index in [9.17, 15) is 10.1 Å². The number of hydrogen-bond acceptors (Lipinski definition) is 5. The Labute approximate surface area is 123 Å². The van der Waals surface area contributed by atoms with Crippen molar-refractivity contribution in [2.24, 2.45) is 0 Å². The number of hydrogen-bond donors (Lipinski definition) is 2. The van der Waals surface area contributed by atoms with Crippen LogP contribution in [0.2, 0.25) is 0 Å². The molecule has 110 valence electrons. The van der Waals surface area contributed by atoms with Gasteiger partial charge in [-0.15, -0.1) is 0 Å². The summed E-state index contributed by atoms with van der Waals surface area (Å²) in [6.45, 7) is 5.69. The van der Waals surface area contributed by atoms with Crippen LogP contribution in [-0.4, -0.2) is 15.6 Å². The zero-order chi connectivity index (χ0) is 15.8. The zero-order valence-corrected chi connectivity index (χ0v) is 12.3. The highest BCUT2D eigenvalue weighted by molar-refractivity contribution is 6.01. The molecule has 0 fully saturated rings. The number of rotatable bonds is 4. The van der Waals surface area contributed by atoms with E-state index in [2.05, 4.69) is 10.3 Å². The van der Waals surface area contributed by atoms with Gasteiger partial charge in [-0.25, -0.2) is 0 Å². The monoisotopic (exact) mass is 286 g/mol. The molecule has 6 heteroatoms. The zero-order valence-electron chi connectivity index (χ0n) is 12.3. The minimum atomic E-state index is -0.494. The minimum Gasteiger partial charge on any atom is -0.354 e. The molecule has 0 unspecified atom stereocenters. The number of nitro groups is 1. The molecule has 0 atom stereocenters. The van der Waals surface area contributed by atoms with Crippen molar-refractivity contribution in [3.63, 3.8) is 0 Å². The third-order valence-corrected chi connectivity index (χ3v) is 2.54. The number of benzene rings is 1. The quantitative estimate of drug-likeness (QED) is 0.501. The summed E-state index contributed by atoms with van der Waals surface area (Å²) >= 11 is 0. The van der Waals surface area contributed by atoms with Crippen LogP contribution in [0.25, 0.3) is 0 Å². The van der Waals surface area contributed by atoms with E-state index in [1.807, 2.05) is 38.1 Å². The standard InChI is InChI=1S/C13H12N4O2.C2H6/c1-9(14)12-4-2-3-5-13(12)16-10-6-11(17(18)19)8-15-7-10;1-2/h2-8,14,16H,1H3;1-2H3. The smallest absolute Gasteiger partial charge is 0.289 e. The van der Waals surface area contributed by atoms with E-state index in [4.69, 9.17) is 5.41 Å². The average molecular weight is 286 g/mol. The normalized spacial score (nSPS) is 9.29. The van der Waals surface area contributed by atoms with Gasteiger partial charge in [0.2, 0.25) is 0 Å². The molecule has 1 aromatic heterocycles. The largest absolute Gasteiger partial charge is 0.354 e. The first-order valence-electron chi connectivity index (χ1n) is 6.59. The fourth-order valence-electron chi connectivity index (χ4n) is 1.67. The molecule has 0 saturated heterocycles. The topological polar surface area (TPSA) is 91.9 Å². The summed E-state index contributed by atoms with van der Waals surface area (Å²) in [7, 11) is 0. The van der Waals surface area contributed by atoms with E-state index >= 15 is 0 Å². The summed E-state index contributed by atoms with van der Waals surface area (Å²) in [5.41, 5.74) is 2.32. The van der Waals surface area contributed by atoms with Gasteiger partial charge in [-0.3, -0.25) is 15.1 Å². The maximum atomic E-state index is 10.7. The van der Waals surface area contributed by atoms with Crippen molar-refractivity contribution >= 4 is 22.8 Å². The number of para-hydroxylation sites is 1. The summed E-state index contributed by atoms with van der Waals surface area (Å²) in [5.74, 6) is 0. The predicted octanol–water partition coefficient (Wildman–Crippen LogP) is 4.15. The predicted molar refractivity (Wildman–Crippen MR) is 84.5 cm³/mol. The number of aromatic nitrogens is 1. The lowest BCUT2D eigenvalue weighted by atomic mass is 10.1. The van der Waals surface area contributed by atoms with Gasteiger partial charge in [0, 0.05) is 23.0 Å². The molecule has 0 spiro atoms. The van der Waals surface area contributed by atoms with E-state index in [0.29, 0.717) is 11.4 Å². The Hall–Kier alpha value is -2.76. The molecule has 0 saturated carbocycles. The molecule has 0 aliphatic carbocycles. The summed E-state index contributed by atoms with van der Waals surface area (Å²) in [6.07, 6.45) is 2.70. The Bertz CT molecular complexity index is 641. The van der Waals surface area contributed by atoms with Gasteiger partial charge in [-0.1, -0.05) is 32.0 Å². The number of anilines is 2. The van der Waals surface area contributed by atoms with Crippen molar-refractivity contribution in [3.05, 3.63) is 58.4 Å². The Kier molecular flexibility index (Phi) is 6.00. The molecule has 6 nitrogen and oxygen atoms in total. The summed E-state index contributed by atoms with van der Waals surface area (Å²) in [6, 6.07) is 8.70. The maximum absolute atomic E-state index is 10.7. The van der Waals surface area contributed by atoms with E-state index in [1.54, 1.807) is 6.92 Å². The second-order valence-electron chi connectivity index (χ2n) is 3.98. The first-order chi connectivity index (χ1) is 10.1. The summed E-state index contributed by atoms with van der Waals surface area (Å²) in [5, 5.41) is 21.4. The number of pyridine rings is 1. The molecule has 0 bridgehead atoms. The fraction of sp³-hybridized carbons (Fsp3) is 0.200. The van der Waals surface area contributed by atoms with Gasteiger partial charge in [0.25, 0.3) is 5.69 Å².